The number of anilines is 2. The maximum atomic E-state index is 11.4. The molecule has 0 spiro atoms. The smallest absolute Gasteiger partial charge is 0.224 e. The molecule has 8 nitrogen and oxygen atoms in total. The van der Waals surface area contributed by atoms with Crippen LogP contribution in [-0.4, -0.2) is 74.3 Å². The largest absolute Gasteiger partial charge is 0.356 e. The van der Waals surface area contributed by atoms with E-state index in [1.165, 1.54) is 38.4 Å². The molecule has 2 N–H and O–H groups in total. The summed E-state index contributed by atoms with van der Waals surface area (Å²) >= 11 is 0. The lowest BCUT2D eigenvalue weighted by atomic mass is 9.84. The number of sulfonamides is 1. The second-order valence-corrected chi connectivity index (χ2v) is 11.7. The van der Waals surface area contributed by atoms with Crippen LogP contribution >= 0.6 is 0 Å². The third-order valence-corrected chi connectivity index (χ3v) is 8.01. The van der Waals surface area contributed by atoms with Gasteiger partial charge < -0.3 is 10.2 Å². The number of hydrogen-bond donors (Lipinski definition) is 2. The van der Waals surface area contributed by atoms with Crippen LogP contribution in [0.3, 0.4) is 0 Å². The fourth-order valence-corrected chi connectivity index (χ4v) is 6.05. The number of piperidine rings is 1. The van der Waals surface area contributed by atoms with E-state index in [0.29, 0.717) is 24.5 Å². The molecule has 1 aliphatic carbocycles. The van der Waals surface area contributed by atoms with E-state index in [-0.39, 0.29) is 0 Å². The van der Waals surface area contributed by atoms with Crippen molar-refractivity contribution in [3.8, 4) is 0 Å². The number of rotatable bonds is 7. The Bertz CT molecular complexity index is 820. The Labute approximate surface area is 193 Å². The Hall–Kier alpha value is -1.45. The zero-order chi connectivity index (χ0) is 22.4. The lowest BCUT2D eigenvalue weighted by molar-refractivity contribution is 0.109. The molecule has 0 radical (unpaired) electrons. The molecule has 0 aromatic carbocycles. The second kappa shape index (κ2) is 11.1. The molecule has 32 heavy (non-hydrogen) atoms. The monoisotopic (exact) mass is 464 g/mol. The summed E-state index contributed by atoms with van der Waals surface area (Å²) in [4.78, 5) is 14.4. The molecular weight excluding hydrogens is 424 g/mol. The van der Waals surface area contributed by atoms with Gasteiger partial charge in [0, 0.05) is 44.5 Å². The van der Waals surface area contributed by atoms with Gasteiger partial charge in [-0.1, -0.05) is 12.8 Å². The van der Waals surface area contributed by atoms with Crippen molar-refractivity contribution < 1.29 is 8.42 Å². The van der Waals surface area contributed by atoms with E-state index in [0.717, 1.165) is 70.0 Å². The first kappa shape index (κ1) is 23.7. The summed E-state index contributed by atoms with van der Waals surface area (Å²) in [6.07, 6.45) is 15.1. The summed E-state index contributed by atoms with van der Waals surface area (Å²) in [5.74, 6) is 2.28. The summed E-state index contributed by atoms with van der Waals surface area (Å²) in [7, 11) is -3.09. The predicted molar refractivity (Wildman–Crippen MR) is 130 cm³/mol. The van der Waals surface area contributed by atoms with Gasteiger partial charge in [-0.2, -0.15) is 4.98 Å². The topological polar surface area (TPSA) is 90.5 Å². The van der Waals surface area contributed by atoms with E-state index >= 15 is 0 Å². The molecule has 3 aliphatic rings. The third kappa shape index (κ3) is 7.02. The zero-order valence-electron chi connectivity index (χ0n) is 19.5. The van der Waals surface area contributed by atoms with Crippen LogP contribution in [0.4, 0.5) is 11.8 Å². The lowest BCUT2D eigenvalue weighted by Gasteiger charge is -2.41. The van der Waals surface area contributed by atoms with E-state index < -0.39 is 10.0 Å². The van der Waals surface area contributed by atoms with Crippen LogP contribution in [0.2, 0.25) is 0 Å². The Morgan fingerprint density at radius 1 is 1.00 bits per heavy atom. The minimum Gasteiger partial charge on any atom is -0.356 e. The molecule has 3 heterocycles. The fourth-order valence-electron chi connectivity index (χ4n) is 5.52. The average Bonchev–Trinajstić information content (AvgIpc) is 3.08. The van der Waals surface area contributed by atoms with Gasteiger partial charge in [-0.05, 0) is 69.9 Å². The minimum atomic E-state index is -3.09. The normalized spacial score (nSPS) is 28.3. The van der Waals surface area contributed by atoms with Crippen molar-refractivity contribution in [3.05, 3.63) is 12.3 Å². The average molecular weight is 465 g/mol. The van der Waals surface area contributed by atoms with Crippen molar-refractivity contribution in [2.75, 3.05) is 49.2 Å². The van der Waals surface area contributed by atoms with Crippen LogP contribution in [0.5, 0.6) is 0 Å². The highest BCUT2D eigenvalue weighted by Gasteiger charge is 2.30. The first-order valence-corrected chi connectivity index (χ1v) is 14.4. The van der Waals surface area contributed by atoms with Crippen LogP contribution in [0.15, 0.2) is 12.3 Å². The molecule has 180 valence electrons. The summed E-state index contributed by atoms with van der Waals surface area (Å²) in [6, 6.07) is 3.03. The van der Waals surface area contributed by atoms with Gasteiger partial charge in [0.15, 0.2) is 0 Å². The van der Waals surface area contributed by atoms with Crippen LogP contribution in [-0.2, 0) is 10.0 Å². The highest BCUT2D eigenvalue weighted by atomic mass is 32.2. The van der Waals surface area contributed by atoms with Gasteiger partial charge in [0.05, 0.1) is 6.26 Å². The van der Waals surface area contributed by atoms with Gasteiger partial charge in [0.25, 0.3) is 0 Å². The van der Waals surface area contributed by atoms with Crippen LogP contribution in [0.25, 0.3) is 0 Å². The van der Waals surface area contributed by atoms with Gasteiger partial charge in [0.2, 0.25) is 16.0 Å². The molecule has 1 aromatic rings. The Balaban J connectivity index is 1.27. The molecule has 3 fully saturated rings. The molecular formula is C23H40N6O2S. The zero-order valence-corrected chi connectivity index (χ0v) is 20.3. The summed E-state index contributed by atoms with van der Waals surface area (Å²) in [5.41, 5.74) is 0. The van der Waals surface area contributed by atoms with Crippen molar-refractivity contribution in [1.29, 1.82) is 0 Å². The number of likely N-dealkylation sites (tertiary alicyclic amines) is 1. The maximum absolute atomic E-state index is 11.4. The molecule has 1 unspecified atom stereocenters. The van der Waals surface area contributed by atoms with E-state index in [1.807, 2.05) is 12.3 Å². The molecule has 0 bridgehead atoms. The maximum Gasteiger partial charge on any atom is 0.224 e. The van der Waals surface area contributed by atoms with Crippen molar-refractivity contribution >= 4 is 21.8 Å². The number of aromatic nitrogens is 2. The number of hydrogen-bond acceptors (Lipinski definition) is 7. The molecule has 9 heteroatoms. The van der Waals surface area contributed by atoms with Crippen LogP contribution in [0.1, 0.15) is 64.2 Å². The lowest BCUT2D eigenvalue weighted by Crippen LogP contribution is -2.48. The SMILES string of the molecule is CS(=O)(=O)NCC1CCC(N2CCCC(Nc3nccc(N4CCCCCC4)n3)C2)CC1. The molecule has 4 rings (SSSR count). The third-order valence-electron chi connectivity index (χ3n) is 7.32. The number of nitrogens with zero attached hydrogens (tertiary/aromatic N) is 4. The first-order valence-electron chi connectivity index (χ1n) is 12.5. The van der Waals surface area contributed by atoms with Crippen molar-refractivity contribution in [2.24, 2.45) is 5.92 Å². The molecule has 1 atom stereocenters. The second-order valence-electron chi connectivity index (χ2n) is 9.91. The van der Waals surface area contributed by atoms with Gasteiger partial charge in [-0.15, -0.1) is 0 Å². The summed E-state index contributed by atoms with van der Waals surface area (Å²) in [5, 5.41) is 3.62. The molecule has 2 aliphatic heterocycles. The molecule has 0 amide bonds. The summed E-state index contributed by atoms with van der Waals surface area (Å²) < 4.78 is 25.4. The predicted octanol–water partition coefficient (Wildman–Crippen LogP) is 2.84. The van der Waals surface area contributed by atoms with E-state index in [4.69, 9.17) is 4.98 Å². The molecule has 2 saturated heterocycles. The number of nitrogens with one attached hydrogen (secondary N) is 2. The van der Waals surface area contributed by atoms with E-state index in [1.54, 1.807) is 0 Å². The quantitative estimate of drug-likeness (QED) is 0.641. The van der Waals surface area contributed by atoms with Gasteiger partial charge in [0.1, 0.15) is 5.82 Å². The first-order chi connectivity index (χ1) is 15.5. The summed E-state index contributed by atoms with van der Waals surface area (Å²) in [6.45, 7) is 4.96. The Morgan fingerprint density at radius 3 is 2.47 bits per heavy atom. The Morgan fingerprint density at radius 2 is 1.75 bits per heavy atom. The van der Waals surface area contributed by atoms with Gasteiger partial charge >= 0.3 is 0 Å². The fraction of sp³-hybridized carbons (Fsp3) is 0.826. The Kier molecular flexibility index (Phi) is 8.23. The minimum absolute atomic E-state index is 0.382. The van der Waals surface area contributed by atoms with Crippen molar-refractivity contribution in [3.63, 3.8) is 0 Å². The van der Waals surface area contributed by atoms with E-state index in [9.17, 15) is 8.42 Å². The molecule has 1 saturated carbocycles. The van der Waals surface area contributed by atoms with E-state index in [2.05, 4.69) is 24.8 Å². The molecule has 1 aromatic heterocycles. The van der Waals surface area contributed by atoms with Gasteiger partial charge in [-0.25, -0.2) is 18.1 Å². The van der Waals surface area contributed by atoms with Crippen LogP contribution in [0, 0.1) is 5.92 Å². The van der Waals surface area contributed by atoms with Crippen LogP contribution < -0.4 is 14.9 Å². The highest BCUT2D eigenvalue weighted by molar-refractivity contribution is 7.88. The highest BCUT2D eigenvalue weighted by Crippen LogP contribution is 2.29. The van der Waals surface area contributed by atoms with Crippen molar-refractivity contribution in [1.82, 2.24) is 19.6 Å². The van der Waals surface area contributed by atoms with Crippen molar-refractivity contribution in [2.45, 2.75) is 76.3 Å². The van der Waals surface area contributed by atoms with Gasteiger partial charge in [-0.3, -0.25) is 4.90 Å². The standard InChI is InChI=1S/C23H40N6O2S/c1-32(30,31)25-17-19-8-10-21(11-9-19)29-16-6-7-20(18-29)26-23-24-13-12-22(27-23)28-14-4-2-3-5-15-28/h12-13,19-21,25H,2-11,14-18H2,1H3,(H,24,26,27).